The molecule has 0 bridgehead atoms. The van der Waals surface area contributed by atoms with Gasteiger partial charge in [-0.3, -0.25) is 0 Å². The normalized spacial score (nSPS) is 12.3. The number of unbranched alkanes of at least 4 members (excludes halogenated alkanes) is 2. The van der Waals surface area contributed by atoms with Gasteiger partial charge >= 0.3 is 0 Å². The maximum absolute atomic E-state index is 4.71. The van der Waals surface area contributed by atoms with E-state index in [-0.39, 0.29) is 0 Å². The fourth-order valence-corrected chi connectivity index (χ4v) is 4.50. The highest BCUT2D eigenvalue weighted by molar-refractivity contribution is 5.62. The van der Waals surface area contributed by atoms with Crippen LogP contribution < -0.4 is 0 Å². The quantitative estimate of drug-likeness (QED) is 0.163. The average Bonchev–Trinajstić information content (AvgIpc) is 2.92. The van der Waals surface area contributed by atoms with Gasteiger partial charge in [-0.15, -0.1) is 0 Å². The van der Waals surface area contributed by atoms with Crippen molar-refractivity contribution in [3.63, 3.8) is 0 Å². The molecule has 2 atom stereocenters. The first-order valence-electron chi connectivity index (χ1n) is 14.5. The second kappa shape index (κ2) is 17.6. The number of hydrogen-bond acceptors (Lipinski definition) is 4. The van der Waals surface area contributed by atoms with Gasteiger partial charge in [0.1, 0.15) is 0 Å². The molecule has 0 spiro atoms. The van der Waals surface area contributed by atoms with E-state index in [0.717, 1.165) is 82.3 Å². The summed E-state index contributed by atoms with van der Waals surface area (Å²) in [6.45, 7) is 14.9. The zero-order valence-corrected chi connectivity index (χ0v) is 24.2. The number of aryl methyl sites for hydroxylation is 2. The summed E-state index contributed by atoms with van der Waals surface area (Å²) in [6, 6.07) is 19.1. The monoisotopic (exact) mass is 500 g/mol. The molecule has 0 heterocycles. The van der Waals surface area contributed by atoms with Crippen LogP contribution in [0.5, 0.6) is 0 Å². The highest BCUT2D eigenvalue weighted by Gasteiger charge is 2.15. The molecule has 0 saturated heterocycles. The van der Waals surface area contributed by atoms with Crippen molar-refractivity contribution < 1.29 is 0 Å². The number of para-hydroxylation sites is 2. The molecule has 200 valence electrons. The summed E-state index contributed by atoms with van der Waals surface area (Å²) in [5, 5.41) is 0. The Balaban J connectivity index is 1.90. The lowest BCUT2D eigenvalue weighted by molar-refractivity contribution is 0.698. The van der Waals surface area contributed by atoms with Crippen LogP contribution in [0, 0.1) is 0 Å². The van der Waals surface area contributed by atoms with Crippen molar-refractivity contribution in [1.82, 2.24) is 0 Å². The zero-order chi connectivity index (χ0) is 26.9. The molecule has 0 amide bonds. The topological polar surface area (TPSA) is 49.4 Å². The van der Waals surface area contributed by atoms with Crippen molar-refractivity contribution in [2.75, 3.05) is 13.1 Å². The van der Waals surface area contributed by atoms with E-state index >= 15 is 0 Å². The Labute approximate surface area is 226 Å². The highest BCUT2D eigenvalue weighted by atomic mass is 14.8. The first-order chi connectivity index (χ1) is 18.1. The highest BCUT2D eigenvalue weighted by Crippen LogP contribution is 2.36. The molecule has 0 aliphatic heterocycles. The third-order valence-electron chi connectivity index (χ3n) is 7.13. The summed E-state index contributed by atoms with van der Waals surface area (Å²) in [5.74, 6) is 0.957. The van der Waals surface area contributed by atoms with Crippen LogP contribution >= 0.6 is 0 Å². The molecule has 0 aromatic heterocycles. The van der Waals surface area contributed by atoms with Gasteiger partial charge in [0.2, 0.25) is 0 Å². The summed E-state index contributed by atoms with van der Waals surface area (Å²) in [6.07, 6.45) is 9.63. The van der Waals surface area contributed by atoms with Crippen molar-refractivity contribution in [3.8, 4) is 0 Å². The predicted octanol–water partition coefficient (Wildman–Crippen LogP) is 10.1. The van der Waals surface area contributed by atoms with E-state index in [4.69, 9.17) is 4.99 Å². The Hall–Kier alpha value is -2.80. The molecule has 2 rings (SSSR count). The second-order valence-electron chi connectivity index (χ2n) is 10.1. The molecule has 0 aliphatic rings. The van der Waals surface area contributed by atoms with E-state index in [1.807, 2.05) is 0 Å². The molecule has 0 radical (unpaired) electrons. The number of benzene rings is 2. The van der Waals surface area contributed by atoms with Crippen LogP contribution in [0.3, 0.4) is 0 Å². The smallest absolute Gasteiger partial charge is 0.0949 e. The van der Waals surface area contributed by atoms with E-state index in [1.54, 1.807) is 0 Å². The van der Waals surface area contributed by atoms with Gasteiger partial charge < -0.3 is 0 Å². The zero-order valence-electron chi connectivity index (χ0n) is 24.2. The van der Waals surface area contributed by atoms with Crippen LogP contribution in [0.2, 0.25) is 0 Å². The number of rotatable bonds is 16. The van der Waals surface area contributed by atoms with E-state index < -0.39 is 0 Å². The van der Waals surface area contributed by atoms with Crippen LogP contribution in [0.25, 0.3) is 0 Å². The molecule has 4 heteroatoms. The fourth-order valence-electron chi connectivity index (χ4n) is 4.50. The molecule has 2 aromatic rings. The third-order valence-corrected chi connectivity index (χ3v) is 7.13. The first-order valence-corrected chi connectivity index (χ1v) is 14.5. The lowest BCUT2D eigenvalue weighted by Gasteiger charge is -2.18. The molecule has 0 aliphatic carbocycles. The van der Waals surface area contributed by atoms with Crippen molar-refractivity contribution >= 4 is 23.4 Å². The van der Waals surface area contributed by atoms with E-state index in [2.05, 4.69) is 105 Å². The van der Waals surface area contributed by atoms with Gasteiger partial charge in [0.15, 0.2) is 0 Å². The number of nitrogens with zero attached hydrogens (tertiary/aromatic N) is 4. The molecule has 4 nitrogen and oxygen atoms in total. The molecule has 37 heavy (non-hydrogen) atoms. The Morgan fingerprint density at radius 3 is 1.54 bits per heavy atom. The van der Waals surface area contributed by atoms with Gasteiger partial charge in [0.25, 0.3) is 0 Å². The van der Waals surface area contributed by atoms with Crippen LogP contribution in [0.15, 0.2) is 56.4 Å². The van der Waals surface area contributed by atoms with Crippen molar-refractivity contribution in [2.24, 2.45) is 20.0 Å². The maximum atomic E-state index is 4.71. The number of hydrogen-bond donors (Lipinski definition) is 0. The SMILES string of the molecule is CCCc1cccc(CCC)c1N=C=NCCCCCN=C=Nc1c(C(C)CC)cccc1C(C)CC. The number of aliphatic imine (C=N–C) groups is 4. The van der Waals surface area contributed by atoms with Gasteiger partial charge in [-0.25, -0.2) is 9.98 Å². The van der Waals surface area contributed by atoms with Crippen molar-refractivity contribution in [3.05, 3.63) is 58.7 Å². The Morgan fingerprint density at radius 2 is 1.08 bits per heavy atom. The molecular formula is C33H48N4. The van der Waals surface area contributed by atoms with Crippen LogP contribution in [-0.4, -0.2) is 25.1 Å². The second-order valence-corrected chi connectivity index (χ2v) is 10.1. The largest absolute Gasteiger partial charge is 0.225 e. The lowest BCUT2D eigenvalue weighted by Crippen LogP contribution is -1.98. The average molecular weight is 501 g/mol. The summed E-state index contributed by atoms with van der Waals surface area (Å²) >= 11 is 0. The minimum Gasteiger partial charge on any atom is -0.225 e. The summed E-state index contributed by atoms with van der Waals surface area (Å²) in [5.41, 5.74) is 7.38. The maximum Gasteiger partial charge on any atom is 0.0949 e. The molecule has 2 unspecified atom stereocenters. The fraction of sp³-hybridized carbons (Fsp3) is 0.576. The minimum atomic E-state index is 0.479. The Bertz CT molecular complexity index is 1020. The molecular weight excluding hydrogens is 452 g/mol. The molecule has 0 fully saturated rings. The third kappa shape index (κ3) is 9.88. The standard InChI is InChI=1S/C33H48N4/c1-7-16-28-18-14-19-29(17-8-2)32(28)36-24-34-22-12-11-13-23-35-25-37-33-30(26(5)9-3)20-15-21-31(33)27(6)10-4/h14-15,18-21,26-27H,7-13,16-17,22-23H2,1-6H3. The van der Waals surface area contributed by atoms with E-state index in [0.29, 0.717) is 11.8 Å². The van der Waals surface area contributed by atoms with Gasteiger partial charge in [-0.2, -0.15) is 9.98 Å². The van der Waals surface area contributed by atoms with E-state index in [9.17, 15) is 0 Å². The predicted molar refractivity (Wildman–Crippen MR) is 161 cm³/mol. The summed E-state index contributed by atoms with van der Waals surface area (Å²) in [7, 11) is 0. The van der Waals surface area contributed by atoms with Gasteiger partial charge in [-0.05, 0) is 79.0 Å². The Morgan fingerprint density at radius 1 is 0.622 bits per heavy atom. The molecule has 0 saturated carbocycles. The van der Waals surface area contributed by atoms with Gasteiger partial charge in [-0.1, -0.05) is 90.8 Å². The van der Waals surface area contributed by atoms with Crippen LogP contribution in [0.4, 0.5) is 11.4 Å². The van der Waals surface area contributed by atoms with Crippen LogP contribution in [-0.2, 0) is 12.8 Å². The lowest BCUT2D eigenvalue weighted by atomic mass is 9.89. The van der Waals surface area contributed by atoms with Crippen molar-refractivity contribution in [2.45, 2.75) is 111 Å². The van der Waals surface area contributed by atoms with Gasteiger partial charge in [0.05, 0.1) is 23.4 Å². The van der Waals surface area contributed by atoms with Gasteiger partial charge in [0, 0.05) is 13.1 Å². The van der Waals surface area contributed by atoms with Crippen molar-refractivity contribution in [1.29, 1.82) is 0 Å². The summed E-state index contributed by atoms with van der Waals surface area (Å²) in [4.78, 5) is 18.2. The minimum absolute atomic E-state index is 0.479. The summed E-state index contributed by atoms with van der Waals surface area (Å²) < 4.78 is 0. The molecule has 2 aromatic carbocycles. The van der Waals surface area contributed by atoms with E-state index in [1.165, 1.54) is 22.3 Å². The van der Waals surface area contributed by atoms with Crippen LogP contribution in [0.1, 0.15) is 121 Å². The molecule has 0 N–H and O–H groups in total. The first kappa shape index (κ1) is 30.4. The Kier molecular flexibility index (Phi) is 14.5.